The molecule has 18 heavy (non-hydrogen) atoms. The SMILES string of the molecule is CC(C)(C)Cc1cncn1CC1(C)CCCNC1. The number of hydrogen-bond acceptors (Lipinski definition) is 2. The second-order valence-corrected chi connectivity index (χ2v) is 7.34. The lowest BCUT2D eigenvalue weighted by molar-refractivity contribution is 0.198. The fraction of sp³-hybridized carbons (Fsp3) is 0.800. The summed E-state index contributed by atoms with van der Waals surface area (Å²) in [5.74, 6) is 0. The first-order chi connectivity index (χ1) is 8.38. The molecule has 0 radical (unpaired) electrons. The van der Waals surface area contributed by atoms with Crippen LogP contribution in [0.2, 0.25) is 0 Å². The number of nitrogens with zero attached hydrogens (tertiary/aromatic N) is 2. The Morgan fingerprint density at radius 3 is 2.83 bits per heavy atom. The average molecular weight is 249 g/mol. The van der Waals surface area contributed by atoms with Crippen molar-refractivity contribution in [1.82, 2.24) is 14.9 Å². The topological polar surface area (TPSA) is 29.9 Å². The van der Waals surface area contributed by atoms with Gasteiger partial charge >= 0.3 is 0 Å². The van der Waals surface area contributed by atoms with Gasteiger partial charge in [-0.1, -0.05) is 27.7 Å². The molecule has 3 heteroatoms. The molecule has 1 N–H and O–H groups in total. The van der Waals surface area contributed by atoms with Gasteiger partial charge in [-0.25, -0.2) is 4.98 Å². The molecule has 2 heterocycles. The molecule has 2 rings (SSSR count). The highest BCUT2D eigenvalue weighted by molar-refractivity contribution is 5.02. The Labute approximate surface area is 111 Å². The molecule has 0 spiro atoms. The first-order valence-corrected chi connectivity index (χ1v) is 7.08. The Morgan fingerprint density at radius 1 is 1.44 bits per heavy atom. The molecular weight excluding hydrogens is 222 g/mol. The van der Waals surface area contributed by atoms with Crippen molar-refractivity contribution in [1.29, 1.82) is 0 Å². The molecule has 102 valence electrons. The van der Waals surface area contributed by atoms with Gasteiger partial charge in [0.25, 0.3) is 0 Å². The molecule has 0 bridgehead atoms. The van der Waals surface area contributed by atoms with Crippen molar-refractivity contribution >= 4 is 0 Å². The molecule has 1 unspecified atom stereocenters. The third-order valence-electron chi connectivity index (χ3n) is 3.75. The van der Waals surface area contributed by atoms with Crippen LogP contribution in [-0.2, 0) is 13.0 Å². The predicted molar refractivity (Wildman–Crippen MR) is 75.6 cm³/mol. The summed E-state index contributed by atoms with van der Waals surface area (Å²) >= 11 is 0. The minimum Gasteiger partial charge on any atom is -0.334 e. The van der Waals surface area contributed by atoms with Crippen molar-refractivity contribution in [3.8, 4) is 0 Å². The minimum absolute atomic E-state index is 0.323. The molecule has 1 aromatic heterocycles. The van der Waals surface area contributed by atoms with E-state index in [0.29, 0.717) is 10.8 Å². The Kier molecular flexibility index (Phi) is 3.81. The van der Waals surface area contributed by atoms with E-state index in [0.717, 1.165) is 19.5 Å². The van der Waals surface area contributed by atoms with E-state index in [1.54, 1.807) is 0 Å². The maximum absolute atomic E-state index is 4.35. The molecule has 1 saturated heterocycles. The van der Waals surface area contributed by atoms with Crippen LogP contribution in [0.5, 0.6) is 0 Å². The van der Waals surface area contributed by atoms with E-state index in [1.165, 1.54) is 25.1 Å². The highest BCUT2D eigenvalue weighted by Gasteiger charge is 2.28. The van der Waals surface area contributed by atoms with Crippen molar-refractivity contribution in [2.45, 2.75) is 53.5 Å². The van der Waals surface area contributed by atoms with Crippen LogP contribution in [0, 0.1) is 10.8 Å². The lowest BCUT2D eigenvalue weighted by Crippen LogP contribution is -2.40. The molecule has 0 amide bonds. The van der Waals surface area contributed by atoms with Crippen molar-refractivity contribution in [3.63, 3.8) is 0 Å². The normalized spacial score (nSPS) is 25.3. The number of piperidine rings is 1. The van der Waals surface area contributed by atoms with Gasteiger partial charge in [-0.15, -0.1) is 0 Å². The zero-order chi connectivity index (χ0) is 13.2. The van der Waals surface area contributed by atoms with E-state index in [1.807, 2.05) is 12.5 Å². The molecule has 1 aromatic rings. The summed E-state index contributed by atoms with van der Waals surface area (Å²) in [6.07, 6.45) is 7.73. The van der Waals surface area contributed by atoms with Crippen LogP contribution in [0.4, 0.5) is 0 Å². The van der Waals surface area contributed by atoms with Crippen LogP contribution in [0.25, 0.3) is 0 Å². The molecule has 0 aliphatic carbocycles. The van der Waals surface area contributed by atoms with Gasteiger partial charge in [0, 0.05) is 25.0 Å². The van der Waals surface area contributed by atoms with E-state index in [-0.39, 0.29) is 0 Å². The van der Waals surface area contributed by atoms with Crippen molar-refractivity contribution in [2.75, 3.05) is 13.1 Å². The monoisotopic (exact) mass is 249 g/mol. The van der Waals surface area contributed by atoms with Crippen LogP contribution < -0.4 is 5.32 Å². The van der Waals surface area contributed by atoms with E-state index < -0.39 is 0 Å². The third kappa shape index (κ3) is 3.58. The number of aromatic nitrogens is 2. The highest BCUT2D eigenvalue weighted by atomic mass is 15.1. The quantitative estimate of drug-likeness (QED) is 0.892. The maximum atomic E-state index is 4.35. The van der Waals surface area contributed by atoms with Crippen LogP contribution >= 0.6 is 0 Å². The minimum atomic E-state index is 0.323. The Morgan fingerprint density at radius 2 is 2.22 bits per heavy atom. The first-order valence-electron chi connectivity index (χ1n) is 7.08. The van der Waals surface area contributed by atoms with Gasteiger partial charge in [-0.2, -0.15) is 0 Å². The van der Waals surface area contributed by atoms with Crippen molar-refractivity contribution in [2.24, 2.45) is 10.8 Å². The van der Waals surface area contributed by atoms with E-state index in [4.69, 9.17) is 0 Å². The second kappa shape index (κ2) is 5.04. The summed E-state index contributed by atoms with van der Waals surface area (Å²) in [5, 5.41) is 3.52. The van der Waals surface area contributed by atoms with E-state index in [9.17, 15) is 0 Å². The van der Waals surface area contributed by atoms with Crippen molar-refractivity contribution in [3.05, 3.63) is 18.2 Å². The summed E-state index contributed by atoms with van der Waals surface area (Å²) in [5.41, 5.74) is 2.07. The molecule has 3 nitrogen and oxygen atoms in total. The lowest BCUT2D eigenvalue weighted by atomic mass is 9.82. The van der Waals surface area contributed by atoms with Gasteiger partial charge in [0.15, 0.2) is 0 Å². The molecule has 1 fully saturated rings. The Hall–Kier alpha value is -0.830. The number of nitrogens with one attached hydrogen (secondary N) is 1. The smallest absolute Gasteiger partial charge is 0.0948 e. The van der Waals surface area contributed by atoms with Crippen LogP contribution in [-0.4, -0.2) is 22.6 Å². The molecule has 1 atom stereocenters. The van der Waals surface area contributed by atoms with Gasteiger partial charge in [0.05, 0.1) is 6.33 Å². The molecular formula is C15H27N3. The van der Waals surface area contributed by atoms with E-state index >= 15 is 0 Å². The predicted octanol–water partition coefficient (Wildman–Crippen LogP) is 2.86. The first kappa shape index (κ1) is 13.6. The summed E-state index contributed by atoms with van der Waals surface area (Å²) in [7, 11) is 0. The zero-order valence-corrected chi connectivity index (χ0v) is 12.3. The van der Waals surface area contributed by atoms with Gasteiger partial charge in [0.2, 0.25) is 0 Å². The Bertz CT molecular complexity index is 381. The number of rotatable bonds is 3. The third-order valence-corrected chi connectivity index (χ3v) is 3.75. The second-order valence-electron chi connectivity index (χ2n) is 7.34. The van der Waals surface area contributed by atoms with Crippen molar-refractivity contribution < 1.29 is 0 Å². The lowest BCUT2D eigenvalue weighted by Gasteiger charge is -2.35. The van der Waals surface area contributed by atoms with E-state index in [2.05, 4.69) is 42.6 Å². The fourth-order valence-corrected chi connectivity index (χ4v) is 2.85. The van der Waals surface area contributed by atoms with Gasteiger partial charge in [-0.05, 0) is 36.6 Å². The Balaban J connectivity index is 2.07. The summed E-state index contributed by atoms with van der Waals surface area (Å²) in [6.45, 7) is 12.6. The summed E-state index contributed by atoms with van der Waals surface area (Å²) in [4.78, 5) is 4.35. The van der Waals surface area contributed by atoms with Gasteiger partial charge < -0.3 is 9.88 Å². The molecule has 1 aliphatic rings. The van der Waals surface area contributed by atoms with Gasteiger partial charge in [0.1, 0.15) is 0 Å². The number of imidazole rings is 1. The van der Waals surface area contributed by atoms with Crippen LogP contribution in [0.15, 0.2) is 12.5 Å². The van der Waals surface area contributed by atoms with Gasteiger partial charge in [-0.3, -0.25) is 0 Å². The highest BCUT2D eigenvalue weighted by Crippen LogP contribution is 2.29. The largest absolute Gasteiger partial charge is 0.334 e. The fourth-order valence-electron chi connectivity index (χ4n) is 2.85. The number of hydrogen-bond donors (Lipinski definition) is 1. The molecule has 1 aliphatic heterocycles. The zero-order valence-electron chi connectivity index (χ0n) is 12.3. The maximum Gasteiger partial charge on any atom is 0.0948 e. The average Bonchev–Trinajstić information content (AvgIpc) is 2.63. The molecule has 0 saturated carbocycles. The van der Waals surface area contributed by atoms with Crippen LogP contribution in [0.3, 0.4) is 0 Å². The standard InChI is InChI=1S/C15H27N3/c1-14(2,3)8-13-9-17-12-18(13)11-15(4)6-5-7-16-10-15/h9,12,16H,5-8,10-11H2,1-4H3. The van der Waals surface area contributed by atoms with Crippen LogP contribution in [0.1, 0.15) is 46.2 Å². The molecule has 0 aromatic carbocycles. The summed E-state index contributed by atoms with van der Waals surface area (Å²) in [6, 6.07) is 0. The summed E-state index contributed by atoms with van der Waals surface area (Å²) < 4.78 is 2.36.